The highest BCUT2D eigenvalue weighted by Crippen LogP contribution is 2.11. The summed E-state index contributed by atoms with van der Waals surface area (Å²) in [5, 5.41) is 0. The first kappa shape index (κ1) is 14.7. The van der Waals surface area contributed by atoms with E-state index in [9.17, 15) is 9.18 Å². The highest BCUT2D eigenvalue weighted by molar-refractivity contribution is 5.73. The molecule has 1 aromatic rings. The van der Waals surface area contributed by atoms with Crippen molar-refractivity contribution in [3.8, 4) is 0 Å². The number of rotatable bonds is 6. The van der Waals surface area contributed by atoms with Gasteiger partial charge in [0.05, 0.1) is 0 Å². The van der Waals surface area contributed by atoms with Gasteiger partial charge in [0.25, 0.3) is 0 Å². The molecular weight excluding hydrogens is 229 g/mol. The van der Waals surface area contributed by atoms with Crippen molar-refractivity contribution in [3.05, 3.63) is 35.6 Å². The highest BCUT2D eigenvalue weighted by atomic mass is 19.1. The fourth-order valence-corrected chi connectivity index (χ4v) is 1.74. The molecule has 1 atom stereocenters. The number of halogens is 1. The van der Waals surface area contributed by atoms with Crippen molar-refractivity contribution in [1.29, 1.82) is 0 Å². The summed E-state index contributed by atoms with van der Waals surface area (Å²) in [5.41, 5.74) is 0.968. The van der Waals surface area contributed by atoms with Gasteiger partial charge in [0.15, 0.2) is 0 Å². The molecule has 0 aliphatic carbocycles. The van der Waals surface area contributed by atoms with Crippen LogP contribution in [0.15, 0.2) is 24.3 Å². The van der Waals surface area contributed by atoms with Crippen molar-refractivity contribution in [2.24, 2.45) is 5.92 Å². The molecule has 1 amide bonds. The average Bonchev–Trinajstić information content (AvgIpc) is 2.35. The number of benzene rings is 1. The summed E-state index contributed by atoms with van der Waals surface area (Å²) in [7, 11) is 0. The van der Waals surface area contributed by atoms with E-state index in [4.69, 9.17) is 0 Å². The van der Waals surface area contributed by atoms with Crippen LogP contribution in [0, 0.1) is 11.7 Å². The van der Waals surface area contributed by atoms with Crippen molar-refractivity contribution in [1.82, 2.24) is 4.90 Å². The van der Waals surface area contributed by atoms with Crippen LogP contribution in [0.3, 0.4) is 0 Å². The van der Waals surface area contributed by atoms with Crippen molar-refractivity contribution < 1.29 is 9.18 Å². The zero-order valence-corrected chi connectivity index (χ0v) is 11.4. The van der Waals surface area contributed by atoms with Crippen molar-refractivity contribution in [2.45, 2.75) is 40.2 Å². The Morgan fingerprint density at radius 3 is 2.44 bits per heavy atom. The molecule has 0 saturated carbocycles. The molecule has 2 nitrogen and oxygen atoms in total. The lowest BCUT2D eigenvalue weighted by Crippen LogP contribution is -2.30. The fraction of sp³-hybridized carbons (Fsp3) is 0.533. The van der Waals surface area contributed by atoms with Crippen LogP contribution in [0.5, 0.6) is 0 Å². The molecule has 1 rings (SSSR count). The molecule has 0 saturated heterocycles. The Morgan fingerprint density at radius 1 is 1.33 bits per heavy atom. The van der Waals surface area contributed by atoms with Crippen LogP contribution < -0.4 is 0 Å². The topological polar surface area (TPSA) is 20.3 Å². The summed E-state index contributed by atoms with van der Waals surface area (Å²) < 4.78 is 12.8. The molecule has 0 radical (unpaired) electrons. The van der Waals surface area contributed by atoms with Gasteiger partial charge in [0, 0.05) is 20.0 Å². The van der Waals surface area contributed by atoms with E-state index in [0.717, 1.165) is 24.9 Å². The molecule has 1 aromatic carbocycles. The first-order valence-electron chi connectivity index (χ1n) is 6.53. The van der Waals surface area contributed by atoms with Gasteiger partial charge in [-0.15, -0.1) is 0 Å². The van der Waals surface area contributed by atoms with Gasteiger partial charge in [-0.1, -0.05) is 32.4 Å². The Labute approximate surface area is 109 Å². The Kier molecular flexibility index (Phi) is 5.83. The number of nitrogens with zero attached hydrogens (tertiary/aromatic N) is 1. The first-order valence-corrected chi connectivity index (χ1v) is 6.53. The maximum atomic E-state index is 12.8. The van der Waals surface area contributed by atoms with E-state index < -0.39 is 0 Å². The molecule has 0 spiro atoms. The lowest BCUT2D eigenvalue weighted by Gasteiger charge is -2.22. The zero-order chi connectivity index (χ0) is 13.5. The molecule has 1 unspecified atom stereocenters. The normalized spacial score (nSPS) is 12.2. The lowest BCUT2D eigenvalue weighted by atomic mass is 10.0. The summed E-state index contributed by atoms with van der Waals surface area (Å²) in [5.74, 6) is 0.454. The van der Waals surface area contributed by atoms with Crippen LogP contribution in [0.4, 0.5) is 4.39 Å². The molecule has 18 heavy (non-hydrogen) atoms. The Bertz CT molecular complexity index is 375. The van der Waals surface area contributed by atoms with Gasteiger partial charge in [-0.05, 0) is 30.0 Å². The summed E-state index contributed by atoms with van der Waals surface area (Å²) in [6.45, 7) is 7.26. The molecule has 0 fully saturated rings. The average molecular weight is 251 g/mol. The van der Waals surface area contributed by atoms with Crippen LogP contribution >= 0.6 is 0 Å². The SMILES string of the molecule is CCC(C)CCN(Cc1ccc(F)cc1)C(C)=O. The Balaban J connectivity index is 2.57. The van der Waals surface area contributed by atoms with Gasteiger partial charge in [0.1, 0.15) is 5.82 Å². The number of hydrogen-bond donors (Lipinski definition) is 0. The second-order valence-electron chi connectivity index (χ2n) is 4.87. The molecule has 100 valence electrons. The van der Waals surface area contributed by atoms with Gasteiger partial charge < -0.3 is 4.90 Å². The summed E-state index contributed by atoms with van der Waals surface area (Å²) in [6, 6.07) is 6.33. The van der Waals surface area contributed by atoms with E-state index in [1.54, 1.807) is 19.1 Å². The minimum Gasteiger partial charge on any atom is -0.339 e. The van der Waals surface area contributed by atoms with Gasteiger partial charge in [-0.25, -0.2) is 4.39 Å². The van der Waals surface area contributed by atoms with E-state index in [1.807, 2.05) is 4.90 Å². The van der Waals surface area contributed by atoms with E-state index in [2.05, 4.69) is 13.8 Å². The largest absolute Gasteiger partial charge is 0.339 e. The van der Waals surface area contributed by atoms with E-state index in [0.29, 0.717) is 12.5 Å². The van der Waals surface area contributed by atoms with E-state index >= 15 is 0 Å². The minimum atomic E-state index is -0.243. The zero-order valence-electron chi connectivity index (χ0n) is 11.4. The van der Waals surface area contributed by atoms with E-state index in [1.165, 1.54) is 12.1 Å². The van der Waals surface area contributed by atoms with Crippen LogP contribution in [-0.4, -0.2) is 17.4 Å². The monoisotopic (exact) mass is 251 g/mol. The first-order chi connectivity index (χ1) is 8.52. The van der Waals surface area contributed by atoms with Crippen molar-refractivity contribution >= 4 is 5.91 Å². The molecule has 0 bridgehead atoms. The minimum absolute atomic E-state index is 0.0719. The molecule has 0 aliphatic rings. The van der Waals surface area contributed by atoms with Crippen LogP contribution in [0.2, 0.25) is 0 Å². The number of amides is 1. The quantitative estimate of drug-likeness (QED) is 0.756. The van der Waals surface area contributed by atoms with Gasteiger partial charge in [0.2, 0.25) is 5.91 Å². The van der Waals surface area contributed by atoms with Crippen LogP contribution in [-0.2, 0) is 11.3 Å². The molecule has 3 heteroatoms. The Hall–Kier alpha value is -1.38. The van der Waals surface area contributed by atoms with Gasteiger partial charge in [-0.2, -0.15) is 0 Å². The third-order valence-corrected chi connectivity index (χ3v) is 3.32. The second kappa shape index (κ2) is 7.14. The van der Waals surface area contributed by atoms with Crippen molar-refractivity contribution in [3.63, 3.8) is 0 Å². The lowest BCUT2D eigenvalue weighted by molar-refractivity contribution is -0.129. The van der Waals surface area contributed by atoms with Crippen molar-refractivity contribution in [2.75, 3.05) is 6.54 Å². The number of hydrogen-bond acceptors (Lipinski definition) is 1. The Morgan fingerprint density at radius 2 is 1.94 bits per heavy atom. The summed E-state index contributed by atoms with van der Waals surface area (Å²) in [4.78, 5) is 13.4. The number of carbonyl (C=O) groups is 1. The highest BCUT2D eigenvalue weighted by Gasteiger charge is 2.10. The molecule has 0 aromatic heterocycles. The van der Waals surface area contributed by atoms with Crippen LogP contribution in [0.1, 0.15) is 39.2 Å². The summed E-state index contributed by atoms with van der Waals surface area (Å²) in [6.07, 6.45) is 2.14. The third kappa shape index (κ3) is 4.86. The molecular formula is C15H22FNO. The fourth-order valence-electron chi connectivity index (χ4n) is 1.74. The molecule has 0 heterocycles. The van der Waals surface area contributed by atoms with Gasteiger partial charge >= 0.3 is 0 Å². The van der Waals surface area contributed by atoms with E-state index in [-0.39, 0.29) is 11.7 Å². The number of carbonyl (C=O) groups excluding carboxylic acids is 1. The predicted molar refractivity (Wildman–Crippen MR) is 71.6 cm³/mol. The smallest absolute Gasteiger partial charge is 0.219 e. The van der Waals surface area contributed by atoms with Crippen LogP contribution in [0.25, 0.3) is 0 Å². The maximum Gasteiger partial charge on any atom is 0.219 e. The molecule has 0 aliphatic heterocycles. The standard InChI is InChI=1S/C15H22FNO/c1-4-12(2)9-10-17(13(3)18)11-14-5-7-15(16)8-6-14/h5-8,12H,4,9-11H2,1-3H3. The third-order valence-electron chi connectivity index (χ3n) is 3.32. The second-order valence-corrected chi connectivity index (χ2v) is 4.87. The summed E-state index contributed by atoms with van der Waals surface area (Å²) >= 11 is 0. The molecule has 0 N–H and O–H groups in total. The maximum absolute atomic E-state index is 12.8. The van der Waals surface area contributed by atoms with Gasteiger partial charge in [-0.3, -0.25) is 4.79 Å². The predicted octanol–water partition coefficient (Wildman–Crippen LogP) is 3.61.